The quantitative estimate of drug-likeness (QED) is 0.570. The van der Waals surface area contributed by atoms with E-state index < -0.39 is 0 Å². The zero-order valence-electron chi connectivity index (χ0n) is 16.7. The molecular weight excluding hydrogens is 372 g/mol. The van der Waals surface area contributed by atoms with Crippen molar-refractivity contribution in [3.8, 4) is 0 Å². The summed E-state index contributed by atoms with van der Waals surface area (Å²) in [5.41, 5.74) is 3.26. The van der Waals surface area contributed by atoms with Gasteiger partial charge in [-0.25, -0.2) is 4.98 Å². The van der Waals surface area contributed by atoms with Gasteiger partial charge in [-0.3, -0.25) is 14.7 Å². The summed E-state index contributed by atoms with van der Waals surface area (Å²) in [6, 6.07) is 29.0. The third-order valence-electron chi connectivity index (χ3n) is 5.81. The number of H-pyrrole nitrogens is 1. The van der Waals surface area contributed by atoms with Crippen LogP contribution in [0.1, 0.15) is 17.2 Å². The first kappa shape index (κ1) is 18.6. The number of benzene rings is 3. The van der Waals surface area contributed by atoms with Crippen LogP contribution in [0.3, 0.4) is 0 Å². The summed E-state index contributed by atoms with van der Waals surface area (Å²) in [6.07, 6.45) is 0. The van der Waals surface area contributed by atoms with E-state index >= 15 is 0 Å². The minimum atomic E-state index is -0.0792. The van der Waals surface area contributed by atoms with Crippen LogP contribution in [0.2, 0.25) is 0 Å². The number of nitrogens with one attached hydrogen (secondary N) is 1. The van der Waals surface area contributed by atoms with Crippen LogP contribution in [0.15, 0.2) is 89.7 Å². The van der Waals surface area contributed by atoms with Crippen LogP contribution in [-0.2, 0) is 0 Å². The Morgan fingerprint density at radius 2 is 1.30 bits per heavy atom. The molecule has 1 fully saturated rings. The maximum Gasteiger partial charge on any atom is 0.260 e. The van der Waals surface area contributed by atoms with Gasteiger partial charge in [-0.1, -0.05) is 72.8 Å². The van der Waals surface area contributed by atoms with Crippen LogP contribution in [0.4, 0.5) is 5.95 Å². The average Bonchev–Trinajstić information content (AvgIpc) is 2.81. The lowest BCUT2D eigenvalue weighted by Gasteiger charge is -2.40. The first-order valence-electron chi connectivity index (χ1n) is 10.4. The van der Waals surface area contributed by atoms with Crippen molar-refractivity contribution in [2.75, 3.05) is 31.1 Å². The Morgan fingerprint density at radius 3 is 1.93 bits per heavy atom. The zero-order valence-corrected chi connectivity index (χ0v) is 16.7. The third-order valence-corrected chi connectivity index (χ3v) is 5.81. The van der Waals surface area contributed by atoms with E-state index in [0.717, 1.165) is 31.7 Å². The molecular formula is C25H24N4O. The molecule has 2 heterocycles. The highest BCUT2D eigenvalue weighted by atomic mass is 16.1. The lowest BCUT2D eigenvalue weighted by molar-refractivity contribution is 0.211. The molecule has 150 valence electrons. The molecule has 1 aliphatic heterocycles. The van der Waals surface area contributed by atoms with Gasteiger partial charge in [0.25, 0.3) is 5.56 Å². The number of fused-ring (bicyclic) bond motifs is 1. The van der Waals surface area contributed by atoms with E-state index in [2.05, 4.69) is 75.4 Å². The van der Waals surface area contributed by atoms with Gasteiger partial charge in [0.1, 0.15) is 0 Å². The minimum absolute atomic E-state index is 0.0792. The second-order valence-electron chi connectivity index (χ2n) is 7.65. The van der Waals surface area contributed by atoms with Gasteiger partial charge in [0, 0.05) is 26.2 Å². The van der Waals surface area contributed by atoms with Crippen molar-refractivity contribution in [3.63, 3.8) is 0 Å². The van der Waals surface area contributed by atoms with E-state index in [4.69, 9.17) is 4.98 Å². The van der Waals surface area contributed by atoms with E-state index in [0.29, 0.717) is 11.3 Å². The Balaban J connectivity index is 1.40. The monoisotopic (exact) mass is 396 g/mol. The van der Waals surface area contributed by atoms with Gasteiger partial charge in [-0.05, 0) is 23.3 Å². The maximum atomic E-state index is 12.5. The molecule has 0 radical (unpaired) electrons. The first-order valence-corrected chi connectivity index (χ1v) is 10.4. The first-order chi connectivity index (χ1) is 14.8. The molecule has 1 saturated heterocycles. The topological polar surface area (TPSA) is 52.2 Å². The fraction of sp³-hybridized carbons (Fsp3) is 0.200. The van der Waals surface area contributed by atoms with Gasteiger partial charge in [-0.2, -0.15) is 0 Å². The molecule has 1 N–H and O–H groups in total. The second kappa shape index (κ2) is 8.13. The smallest absolute Gasteiger partial charge is 0.260 e. The van der Waals surface area contributed by atoms with E-state index in [1.807, 2.05) is 24.3 Å². The summed E-state index contributed by atoms with van der Waals surface area (Å²) in [6.45, 7) is 3.42. The van der Waals surface area contributed by atoms with Crippen LogP contribution >= 0.6 is 0 Å². The van der Waals surface area contributed by atoms with Crippen LogP contribution in [-0.4, -0.2) is 41.0 Å². The normalized spacial score (nSPS) is 15.0. The number of nitrogens with zero attached hydrogens (tertiary/aromatic N) is 3. The third kappa shape index (κ3) is 3.60. The van der Waals surface area contributed by atoms with Gasteiger partial charge in [-0.15, -0.1) is 0 Å². The van der Waals surface area contributed by atoms with Gasteiger partial charge >= 0.3 is 0 Å². The van der Waals surface area contributed by atoms with Gasteiger partial charge in [0.2, 0.25) is 5.95 Å². The number of rotatable bonds is 4. The van der Waals surface area contributed by atoms with E-state index in [-0.39, 0.29) is 11.6 Å². The van der Waals surface area contributed by atoms with E-state index in [1.165, 1.54) is 11.1 Å². The van der Waals surface area contributed by atoms with Crippen molar-refractivity contribution in [1.82, 2.24) is 14.9 Å². The number of hydrogen-bond donors (Lipinski definition) is 1. The number of hydrogen-bond acceptors (Lipinski definition) is 4. The highest BCUT2D eigenvalue weighted by Crippen LogP contribution is 2.29. The van der Waals surface area contributed by atoms with Crippen molar-refractivity contribution in [1.29, 1.82) is 0 Å². The molecule has 0 bridgehead atoms. The van der Waals surface area contributed by atoms with Crippen molar-refractivity contribution in [2.24, 2.45) is 0 Å². The number of para-hydroxylation sites is 1. The maximum absolute atomic E-state index is 12.5. The molecule has 3 aromatic carbocycles. The van der Waals surface area contributed by atoms with Crippen molar-refractivity contribution in [3.05, 3.63) is 106 Å². The van der Waals surface area contributed by atoms with Crippen molar-refractivity contribution in [2.45, 2.75) is 6.04 Å². The Bertz CT molecular complexity index is 1140. The lowest BCUT2D eigenvalue weighted by atomic mass is 9.96. The summed E-state index contributed by atoms with van der Waals surface area (Å²) in [5, 5.41) is 0.633. The van der Waals surface area contributed by atoms with Gasteiger partial charge in [0.15, 0.2) is 0 Å². The molecule has 1 aliphatic rings. The van der Waals surface area contributed by atoms with Gasteiger partial charge in [0.05, 0.1) is 16.9 Å². The summed E-state index contributed by atoms with van der Waals surface area (Å²) in [4.78, 5) is 24.8. The molecule has 0 unspecified atom stereocenters. The van der Waals surface area contributed by atoms with Crippen molar-refractivity contribution >= 4 is 16.9 Å². The van der Waals surface area contributed by atoms with Crippen molar-refractivity contribution < 1.29 is 0 Å². The predicted molar refractivity (Wildman–Crippen MR) is 121 cm³/mol. The Labute approximate surface area is 175 Å². The molecule has 1 aromatic heterocycles. The predicted octanol–water partition coefficient (Wildman–Crippen LogP) is 3.83. The Kier molecular flexibility index (Phi) is 5.03. The largest absolute Gasteiger partial charge is 0.340 e. The molecule has 5 heteroatoms. The molecule has 5 nitrogen and oxygen atoms in total. The summed E-state index contributed by atoms with van der Waals surface area (Å²) < 4.78 is 0. The molecule has 0 spiro atoms. The molecule has 30 heavy (non-hydrogen) atoms. The average molecular weight is 396 g/mol. The Hall–Kier alpha value is -3.44. The molecule has 0 atom stereocenters. The fourth-order valence-corrected chi connectivity index (χ4v) is 4.30. The molecule has 0 saturated carbocycles. The number of aromatic amines is 1. The van der Waals surface area contributed by atoms with Gasteiger partial charge < -0.3 is 4.90 Å². The fourth-order valence-electron chi connectivity index (χ4n) is 4.30. The minimum Gasteiger partial charge on any atom is -0.340 e. The second-order valence-corrected chi connectivity index (χ2v) is 7.65. The zero-order chi connectivity index (χ0) is 20.3. The standard InChI is InChI=1S/C25H24N4O/c30-24-21-13-7-8-14-22(21)26-25(27-24)29-17-15-28(16-18-29)23(19-9-3-1-4-10-19)20-11-5-2-6-12-20/h1-14,23H,15-18H2,(H,26,27,30). The lowest BCUT2D eigenvalue weighted by Crippen LogP contribution is -2.48. The number of aromatic nitrogens is 2. The Morgan fingerprint density at radius 1 is 0.733 bits per heavy atom. The molecule has 0 amide bonds. The SMILES string of the molecule is O=c1[nH]c(N2CCN(C(c3ccccc3)c3ccccc3)CC2)nc2ccccc12. The van der Waals surface area contributed by atoms with E-state index in [1.54, 1.807) is 0 Å². The highest BCUT2D eigenvalue weighted by Gasteiger charge is 2.27. The van der Waals surface area contributed by atoms with E-state index in [9.17, 15) is 4.79 Å². The molecule has 5 rings (SSSR count). The summed E-state index contributed by atoms with van der Waals surface area (Å²) in [5.74, 6) is 0.661. The van der Waals surface area contributed by atoms with Crippen LogP contribution in [0, 0.1) is 0 Å². The summed E-state index contributed by atoms with van der Waals surface area (Å²) in [7, 11) is 0. The number of piperazine rings is 1. The summed E-state index contributed by atoms with van der Waals surface area (Å²) >= 11 is 0. The highest BCUT2D eigenvalue weighted by molar-refractivity contribution is 5.78. The van der Waals surface area contributed by atoms with Crippen LogP contribution < -0.4 is 10.5 Å². The van der Waals surface area contributed by atoms with Crippen LogP contribution in [0.25, 0.3) is 10.9 Å². The molecule has 4 aromatic rings. The van der Waals surface area contributed by atoms with Crippen LogP contribution in [0.5, 0.6) is 0 Å². The molecule has 0 aliphatic carbocycles. The number of anilines is 1.